The third-order valence-electron chi connectivity index (χ3n) is 6.93. The highest BCUT2D eigenvalue weighted by Crippen LogP contribution is 2.26. The van der Waals surface area contributed by atoms with Crippen LogP contribution in [0.3, 0.4) is 0 Å². The van der Waals surface area contributed by atoms with Gasteiger partial charge in [0.15, 0.2) is 11.6 Å². The van der Waals surface area contributed by atoms with Crippen molar-refractivity contribution in [1.82, 2.24) is 40.7 Å². The topological polar surface area (TPSA) is 189 Å². The van der Waals surface area contributed by atoms with E-state index in [1.807, 2.05) is 0 Å². The van der Waals surface area contributed by atoms with E-state index in [4.69, 9.17) is 23.2 Å². The van der Waals surface area contributed by atoms with Gasteiger partial charge in [-0.15, -0.1) is 16.4 Å². The van der Waals surface area contributed by atoms with Crippen molar-refractivity contribution < 1.29 is 29.1 Å². The molecule has 4 rings (SSSR count). The number of carboxylic acids is 1. The van der Waals surface area contributed by atoms with E-state index in [2.05, 4.69) is 31.1 Å². The van der Waals surface area contributed by atoms with Crippen molar-refractivity contribution >= 4 is 64.0 Å². The maximum atomic E-state index is 13.3. The molecule has 0 spiro atoms. The number of carboxylic acid groups (broad SMARTS) is 1. The van der Waals surface area contributed by atoms with Crippen LogP contribution in [0.15, 0.2) is 29.1 Å². The predicted molar refractivity (Wildman–Crippen MR) is 155 cm³/mol. The minimum atomic E-state index is -1.43. The van der Waals surface area contributed by atoms with Gasteiger partial charge in [0, 0.05) is 28.4 Å². The fraction of sp³-hybridized carbons (Fsp3) is 0.423. The van der Waals surface area contributed by atoms with E-state index in [1.165, 1.54) is 33.4 Å². The van der Waals surface area contributed by atoms with Gasteiger partial charge in [-0.05, 0) is 54.3 Å². The number of nitrogens with zero attached hydrogens (tertiary/aromatic N) is 6. The smallest absolute Gasteiger partial charge is 0.305 e. The van der Waals surface area contributed by atoms with E-state index in [0.717, 1.165) is 0 Å². The number of ketones is 1. The summed E-state index contributed by atoms with van der Waals surface area (Å²) >= 11 is 13.7. The summed E-state index contributed by atoms with van der Waals surface area (Å²) in [5, 5.41) is 28.3. The van der Waals surface area contributed by atoms with Crippen LogP contribution < -0.4 is 10.6 Å². The monoisotopic (exact) mass is 650 g/mol. The SMILES string of the molecule is CC(C(=O)NC(CC(=O)O)C(=O)Cn1nnnc1Cc1c(Cl)cccc1Cl)N1CCCC[C@H](NC(=O)c2cscn2)C1=O. The average molecular weight is 652 g/mol. The van der Waals surface area contributed by atoms with Crippen LogP contribution in [0.1, 0.15) is 54.5 Å². The molecule has 3 N–H and O–H groups in total. The Bertz CT molecular complexity index is 1480. The molecule has 1 aromatic carbocycles. The first-order valence-electron chi connectivity index (χ1n) is 13.3. The van der Waals surface area contributed by atoms with E-state index in [-0.39, 0.29) is 24.5 Å². The second kappa shape index (κ2) is 14.5. The number of aromatic nitrogens is 5. The van der Waals surface area contributed by atoms with Gasteiger partial charge in [-0.3, -0.25) is 24.0 Å². The second-order valence-electron chi connectivity index (χ2n) is 9.86. The Morgan fingerprint density at radius 1 is 1.19 bits per heavy atom. The lowest BCUT2D eigenvalue weighted by Gasteiger charge is -2.30. The molecule has 2 unspecified atom stereocenters. The van der Waals surface area contributed by atoms with Gasteiger partial charge in [-0.2, -0.15) is 0 Å². The predicted octanol–water partition coefficient (Wildman–Crippen LogP) is 1.76. The normalized spacial score (nSPS) is 16.7. The highest BCUT2D eigenvalue weighted by molar-refractivity contribution is 7.07. The summed E-state index contributed by atoms with van der Waals surface area (Å²) in [7, 11) is 0. The van der Waals surface area contributed by atoms with Gasteiger partial charge in [0.1, 0.15) is 24.3 Å². The molecular formula is C26H28Cl2N8O6S. The first-order valence-corrected chi connectivity index (χ1v) is 15.0. The van der Waals surface area contributed by atoms with Gasteiger partial charge < -0.3 is 20.6 Å². The number of rotatable bonds is 12. The lowest BCUT2D eigenvalue weighted by atomic mass is 10.1. The number of Topliss-reactive ketones (excluding diaryl/α,β-unsaturated/α-hetero) is 1. The Labute approximate surface area is 259 Å². The zero-order chi connectivity index (χ0) is 31.1. The van der Waals surface area contributed by atoms with Crippen molar-refractivity contribution in [2.45, 2.75) is 63.7 Å². The fourth-order valence-corrected chi connectivity index (χ4v) is 5.65. The van der Waals surface area contributed by atoms with Crippen LogP contribution in [-0.2, 0) is 32.1 Å². The zero-order valence-corrected chi connectivity index (χ0v) is 25.2. The Morgan fingerprint density at radius 2 is 1.93 bits per heavy atom. The number of amides is 3. The lowest BCUT2D eigenvalue weighted by molar-refractivity contribution is -0.143. The maximum absolute atomic E-state index is 13.3. The molecular weight excluding hydrogens is 623 g/mol. The molecule has 3 amide bonds. The number of tetrazole rings is 1. The number of aliphatic carboxylic acids is 1. The van der Waals surface area contributed by atoms with Crippen molar-refractivity contribution in [3.05, 3.63) is 56.2 Å². The minimum Gasteiger partial charge on any atom is -0.481 e. The molecule has 1 aliphatic rings. The van der Waals surface area contributed by atoms with Crippen molar-refractivity contribution in [3.8, 4) is 0 Å². The van der Waals surface area contributed by atoms with Gasteiger partial charge in [-0.1, -0.05) is 29.3 Å². The Balaban J connectivity index is 1.44. The third kappa shape index (κ3) is 8.12. The summed E-state index contributed by atoms with van der Waals surface area (Å²) < 4.78 is 1.18. The summed E-state index contributed by atoms with van der Waals surface area (Å²) in [6.45, 7) is 1.28. The van der Waals surface area contributed by atoms with E-state index >= 15 is 0 Å². The number of nitrogens with one attached hydrogen (secondary N) is 2. The third-order valence-corrected chi connectivity index (χ3v) is 8.23. The molecule has 0 radical (unpaired) electrons. The zero-order valence-electron chi connectivity index (χ0n) is 22.9. The van der Waals surface area contributed by atoms with Crippen LogP contribution in [0.5, 0.6) is 0 Å². The Hall–Kier alpha value is -3.95. The molecule has 0 aliphatic carbocycles. The number of hydrogen-bond donors (Lipinski definition) is 3. The van der Waals surface area contributed by atoms with Gasteiger partial charge in [0.25, 0.3) is 5.91 Å². The number of carbonyl (C=O) groups excluding carboxylic acids is 4. The molecule has 1 saturated heterocycles. The molecule has 3 aromatic rings. The van der Waals surface area contributed by atoms with E-state index < -0.39 is 60.6 Å². The second-order valence-corrected chi connectivity index (χ2v) is 11.4. The summed E-state index contributed by atoms with van der Waals surface area (Å²) in [5.74, 6) is -3.41. The van der Waals surface area contributed by atoms with Crippen LogP contribution >= 0.6 is 34.5 Å². The Morgan fingerprint density at radius 3 is 2.60 bits per heavy atom. The fourth-order valence-electron chi connectivity index (χ4n) is 4.58. The molecule has 2 aromatic heterocycles. The van der Waals surface area contributed by atoms with Gasteiger partial charge >= 0.3 is 5.97 Å². The van der Waals surface area contributed by atoms with Crippen LogP contribution in [0, 0.1) is 0 Å². The van der Waals surface area contributed by atoms with Crippen LogP contribution in [-0.4, -0.2) is 89.3 Å². The quantitative estimate of drug-likeness (QED) is 0.260. The molecule has 1 aliphatic heterocycles. The molecule has 3 heterocycles. The first-order chi connectivity index (χ1) is 20.5. The molecule has 17 heteroatoms. The lowest BCUT2D eigenvalue weighted by Crippen LogP contribution is -2.56. The molecule has 0 saturated carbocycles. The molecule has 228 valence electrons. The van der Waals surface area contributed by atoms with E-state index in [0.29, 0.717) is 34.9 Å². The molecule has 43 heavy (non-hydrogen) atoms. The highest BCUT2D eigenvalue weighted by Gasteiger charge is 2.35. The van der Waals surface area contributed by atoms with Crippen LogP contribution in [0.4, 0.5) is 0 Å². The average Bonchev–Trinajstić information content (AvgIpc) is 3.62. The van der Waals surface area contributed by atoms with Gasteiger partial charge in [0.05, 0.1) is 18.0 Å². The standard InChI is InChI=1S/C26H28Cl2N8O6S/c1-14(35-8-3-2-7-18(26(35)42)30-25(41)20-12-43-13-29-20)24(40)31-19(10-23(38)39)21(37)11-36-22(32-33-34-36)9-15-16(27)5-4-6-17(15)28/h4-6,12-14,18-19H,2-3,7-11H2,1H3,(H,30,41)(H,31,40)(H,38,39)/t14?,18-,19?/m0/s1. The highest BCUT2D eigenvalue weighted by atomic mass is 35.5. The van der Waals surface area contributed by atoms with E-state index in [9.17, 15) is 29.1 Å². The number of hydrogen-bond acceptors (Lipinski definition) is 10. The number of thiazole rings is 1. The van der Waals surface area contributed by atoms with Crippen molar-refractivity contribution in [2.75, 3.05) is 6.54 Å². The summed E-state index contributed by atoms with van der Waals surface area (Å²) in [6, 6.07) is 1.61. The Kier molecular flexibility index (Phi) is 10.8. The molecule has 1 fully saturated rings. The number of likely N-dealkylation sites (tertiary alicyclic amines) is 1. The van der Waals surface area contributed by atoms with Gasteiger partial charge in [-0.25, -0.2) is 9.67 Å². The van der Waals surface area contributed by atoms with E-state index in [1.54, 1.807) is 23.6 Å². The summed E-state index contributed by atoms with van der Waals surface area (Å²) in [6.07, 6.45) is 0.996. The van der Waals surface area contributed by atoms with Crippen molar-refractivity contribution in [2.24, 2.45) is 0 Å². The van der Waals surface area contributed by atoms with Crippen LogP contribution in [0.25, 0.3) is 0 Å². The number of carbonyl (C=O) groups is 5. The molecule has 3 atom stereocenters. The van der Waals surface area contributed by atoms with Crippen molar-refractivity contribution in [3.63, 3.8) is 0 Å². The molecule has 0 bridgehead atoms. The maximum Gasteiger partial charge on any atom is 0.305 e. The number of halogens is 2. The minimum absolute atomic E-state index is 0.100. The number of benzene rings is 1. The first kappa shape index (κ1) is 32.0. The van der Waals surface area contributed by atoms with Crippen LogP contribution in [0.2, 0.25) is 10.0 Å². The summed E-state index contributed by atoms with van der Waals surface area (Å²) in [4.78, 5) is 69.3. The van der Waals surface area contributed by atoms with Crippen molar-refractivity contribution in [1.29, 1.82) is 0 Å². The summed E-state index contributed by atoms with van der Waals surface area (Å²) in [5.41, 5.74) is 2.24. The molecule has 14 nitrogen and oxygen atoms in total. The van der Waals surface area contributed by atoms with Gasteiger partial charge in [0.2, 0.25) is 11.8 Å². The largest absolute Gasteiger partial charge is 0.481 e.